The summed E-state index contributed by atoms with van der Waals surface area (Å²) in [6, 6.07) is 5.56. The van der Waals surface area contributed by atoms with Gasteiger partial charge < -0.3 is 5.73 Å². The van der Waals surface area contributed by atoms with Crippen LogP contribution in [0.4, 0.5) is 0 Å². The Morgan fingerprint density at radius 3 is 2.94 bits per heavy atom. The van der Waals surface area contributed by atoms with E-state index >= 15 is 0 Å². The lowest BCUT2D eigenvalue weighted by Gasteiger charge is -2.05. The predicted octanol–water partition coefficient (Wildman–Crippen LogP) is 2.23. The Kier molecular flexibility index (Phi) is 4.82. The Bertz CT molecular complexity index is 531. The minimum absolute atomic E-state index is 0.497. The van der Waals surface area contributed by atoms with Crippen molar-refractivity contribution in [3.8, 4) is 0 Å². The molecule has 0 atom stereocenters. The smallest absolute Gasteiger partial charge is 0.209 e. The van der Waals surface area contributed by atoms with Crippen LogP contribution in [0.1, 0.15) is 5.56 Å². The van der Waals surface area contributed by atoms with Crippen LogP contribution in [0.2, 0.25) is 10.0 Å². The Morgan fingerprint density at radius 1 is 1.33 bits per heavy atom. The maximum Gasteiger partial charge on any atom is 0.209 e. The molecule has 0 aliphatic carbocycles. The number of halogens is 2. The molecule has 0 amide bonds. The van der Waals surface area contributed by atoms with E-state index in [0.29, 0.717) is 28.9 Å². The first-order chi connectivity index (χ1) is 8.72. The molecule has 5 nitrogen and oxygen atoms in total. The van der Waals surface area contributed by atoms with Gasteiger partial charge in [0.1, 0.15) is 0 Å². The Balaban J connectivity index is 2.07. The number of nitrogens with zero attached hydrogens (tertiary/aromatic N) is 4. The minimum atomic E-state index is 0.497. The summed E-state index contributed by atoms with van der Waals surface area (Å²) < 4.78 is 1.67. The van der Waals surface area contributed by atoms with Crippen LogP contribution in [0, 0.1) is 0 Å². The number of tetrazole rings is 1. The summed E-state index contributed by atoms with van der Waals surface area (Å²) in [6.45, 7) is 1.09. The molecule has 0 saturated heterocycles. The largest absolute Gasteiger partial charge is 0.329 e. The average Bonchev–Trinajstić information content (AvgIpc) is 2.79. The standard InChI is InChI=1S/C10H11Cl2N5S/c11-8-3-1-2-7(9(8)12)6-18-10-14-15-16-17(10)5-4-13/h1-3H,4-6,13H2. The molecule has 1 aromatic carbocycles. The highest BCUT2D eigenvalue weighted by atomic mass is 35.5. The lowest BCUT2D eigenvalue weighted by atomic mass is 10.2. The van der Waals surface area contributed by atoms with Crippen molar-refractivity contribution in [2.45, 2.75) is 17.5 Å². The lowest BCUT2D eigenvalue weighted by molar-refractivity contribution is 0.557. The van der Waals surface area contributed by atoms with E-state index in [4.69, 9.17) is 28.9 Å². The summed E-state index contributed by atoms with van der Waals surface area (Å²) in [7, 11) is 0. The van der Waals surface area contributed by atoms with Gasteiger partial charge in [0.15, 0.2) is 0 Å². The predicted molar refractivity (Wildman–Crippen MR) is 72.9 cm³/mol. The van der Waals surface area contributed by atoms with E-state index in [1.54, 1.807) is 10.7 Å². The van der Waals surface area contributed by atoms with E-state index in [-0.39, 0.29) is 0 Å². The van der Waals surface area contributed by atoms with Crippen molar-refractivity contribution in [1.29, 1.82) is 0 Å². The van der Waals surface area contributed by atoms with Crippen LogP contribution in [-0.4, -0.2) is 26.8 Å². The molecule has 2 rings (SSSR count). The van der Waals surface area contributed by atoms with Gasteiger partial charge in [-0.1, -0.05) is 47.1 Å². The zero-order chi connectivity index (χ0) is 13.0. The fourth-order valence-corrected chi connectivity index (χ4v) is 2.73. The van der Waals surface area contributed by atoms with Gasteiger partial charge in [0, 0.05) is 12.3 Å². The Morgan fingerprint density at radius 2 is 2.17 bits per heavy atom. The van der Waals surface area contributed by atoms with Crippen LogP contribution >= 0.6 is 35.0 Å². The molecule has 96 valence electrons. The number of benzene rings is 1. The summed E-state index contributed by atoms with van der Waals surface area (Å²) in [5.41, 5.74) is 6.43. The molecular weight excluding hydrogens is 293 g/mol. The zero-order valence-corrected chi connectivity index (χ0v) is 11.7. The third-order valence-corrected chi connectivity index (χ3v) is 4.09. The summed E-state index contributed by atoms with van der Waals surface area (Å²) in [5.74, 6) is 0.657. The molecule has 0 fully saturated rings. The zero-order valence-electron chi connectivity index (χ0n) is 9.38. The quantitative estimate of drug-likeness (QED) is 0.858. The third-order valence-electron chi connectivity index (χ3n) is 2.23. The molecule has 1 aromatic heterocycles. The topological polar surface area (TPSA) is 69.6 Å². The van der Waals surface area contributed by atoms with Crippen LogP contribution in [0.3, 0.4) is 0 Å². The molecule has 18 heavy (non-hydrogen) atoms. The lowest BCUT2D eigenvalue weighted by Crippen LogP contribution is -2.12. The molecular formula is C10H11Cl2N5S. The number of hydrogen-bond donors (Lipinski definition) is 1. The molecule has 0 bridgehead atoms. The normalized spacial score (nSPS) is 10.8. The average molecular weight is 304 g/mol. The second-order valence-electron chi connectivity index (χ2n) is 3.47. The van der Waals surface area contributed by atoms with Crippen LogP contribution in [-0.2, 0) is 12.3 Å². The van der Waals surface area contributed by atoms with Crippen molar-refractivity contribution in [3.05, 3.63) is 33.8 Å². The summed E-state index contributed by atoms with van der Waals surface area (Å²) in [4.78, 5) is 0. The van der Waals surface area contributed by atoms with E-state index in [2.05, 4.69) is 15.5 Å². The van der Waals surface area contributed by atoms with Crippen molar-refractivity contribution in [3.63, 3.8) is 0 Å². The van der Waals surface area contributed by atoms with Crippen LogP contribution in [0.25, 0.3) is 0 Å². The number of hydrogen-bond acceptors (Lipinski definition) is 5. The van der Waals surface area contributed by atoms with E-state index in [1.165, 1.54) is 11.8 Å². The van der Waals surface area contributed by atoms with Gasteiger partial charge >= 0.3 is 0 Å². The molecule has 2 N–H and O–H groups in total. The van der Waals surface area contributed by atoms with Crippen molar-refractivity contribution < 1.29 is 0 Å². The number of nitrogens with two attached hydrogens (primary N) is 1. The van der Waals surface area contributed by atoms with Crippen molar-refractivity contribution in [2.75, 3.05) is 6.54 Å². The number of aromatic nitrogens is 4. The monoisotopic (exact) mass is 303 g/mol. The van der Waals surface area contributed by atoms with Gasteiger partial charge in [-0.05, 0) is 22.1 Å². The first-order valence-corrected chi connectivity index (χ1v) is 6.98. The Hall–Kier alpha value is -0.820. The number of rotatable bonds is 5. The molecule has 1 heterocycles. The first-order valence-electron chi connectivity index (χ1n) is 5.24. The second kappa shape index (κ2) is 6.38. The van der Waals surface area contributed by atoms with Gasteiger partial charge in [-0.2, -0.15) is 0 Å². The summed E-state index contributed by atoms with van der Waals surface area (Å²) in [6.07, 6.45) is 0. The molecule has 0 aliphatic heterocycles. The van der Waals surface area contributed by atoms with E-state index in [1.807, 2.05) is 12.1 Å². The van der Waals surface area contributed by atoms with Crippen LogP contribution in [0.5, 0.6) is 0 Å². The van der Waals surface area contributed by atoms with Crippen LogP contribution in [0.15, 0.2) is 23.4 Å². The van der Waals surface area contributed by atoms with E-state index < -0.39 is 0 Å². The SMILES string of the molecule is NCCn1nnnc1SCc1cccc(Cl)c1Cl. The maximum atomic E-state index is 6.11. The first kappa shape index (κ1) is 13.6. The van der Waals surface area contributed by atoms with Gasteiger partial charge in [0.2, 0.25) is 5.16 Å². The highest BCUT2D eigenvalue weighted by Crippen LogP contribution is 2.30. The maximum absolute atomic E-state index is 6.11. The van der Waals surface area contributed by atoms with Crippen LogP contribution < -0.4 is 5.73 Å². The van der Waals surface area contributed by atoms with Crippen molar-refractivity contribution in [2.24, 2.45) is 5.73 Å². The molecule has 0 unspecified atom stereocenters. The van der Waals surface area contributed by atoms with Gasteiger partial charge in [-0.15, -0.1) is 5.10 Å². The molecule has 2 aromatic rings. The van der Waals surface area contributed by atoms with E-state index in [0.717, 1.165) is 10.7 Å². The van der Waals surface area contributed by atoms with Gasteiger partial charge in [-0.25, -0.2) is 4.68 Å². The fourth-order valence-electron chi connectivity index (χ4n) is 1.36. The fraction of sp³-hybridized carbons (Fsp3) is 0.300. The summed E-state index contributed by atoms with van der Waals surface area (Å²) in [5, 5.41) is 13.3. The molecule has 0 saturated carbocycles. The van der Waals surface area contributed by atoms with E-state index in [9.17, 15) is 0 Å². The van der Waals surface area contributed by atoms with Crippen molar-refractivity contribution in [1.82, 2.24) is 20.2 Å². The van der Waals surface area contributed by atoms with Gasteiger partial charge in [0.25, 0.3) is 0 Å². The number of thioether (sulfide) groups is 1. The second-order valence-corrected chi connectivity index (χ2v) is 5.20. The molecule has 0 spiro atoms. The Labute approximate surface area is 119 Å². The van der Waals surface area contributed by atoms with Crippen molar-refractivity contribution >= 4 is 35.0 Å². The third kappa shape index (κ3) is 3.14. The minimum Gasteiger partial charge on any atom is -0.329 e. The molecule has 8 heteroatoms. The molecule has 0 aliphatic rings. The molecule has 0 radical (unpaired) electrons. The summed E-state index contributed by atoms with van der Waals surface area (Å²) >= 11 is 13.6. The van der Waals surface area contributed by atoms with Gasteiger partial charge in [-0.3, -0.25) is 0 Å². The highest BCUT2D eigenvalue weighted by molar-refractivity contribution is 7.98. The highest BCUT2D eigenvalue weighted by Gasteiger charge is 2.09. The van der Waals surface area contributed by atoms with Gasteiger partial charge in [0.05, 0.1) is 16.6 Å².